The number of benzene rings is 1. The number of aryl methyl sites for hydroxylation is 1. The Morgan fingerprint density at radius 1 is 1.37 bits per heavy atom. The summed E-state index contributed by atoms with van der Waals surface area (Å²) in [5.41, 5.74) is 8.19. The third kappa shape index (κ3) is 3.15. The van der Waals surface area contributed by atoms with E-state index in [1.54, 1.807) is 6.07 Å². The summed E-state index contributed by atoms with van der Waals surface area (Å²) in [7, 11) is 0. The molecular formula is C16H25FN2. The van der Waals surface area contributed by atoms with Gasteiger partial charge in [0.05, 0.1) is 0 Å². The highest BCUT2D eigenvalue weighted by molar-refractivity contribution is 5.30. The van der Waals surface area contributed by atoms with Crippen molar-refractivity contribution in [3.05, 3.63) is 35.1 Å². The monoisotopic (exact) mass is 264 g/mol. The van der Waals surface area contributed by atoms with Crippen LogP contribution in [0.4, 0.5) is 4.39 Å². The summed E-state index contributed by atoms with van der Waals surface area (Å²) in [4.78, 5) is 2.47. The fraction of sp³-hybridized carbons (Fsp3) is 0.625. The SMILES string of the molecule is CCN(C1CCCC1)C(CN)c1cc(F)ccc1C. The van der Waals surface area contributed by atoms with E-state index in [4.69, 9.17) is 5.73 Å². The van der Waals surface area contributed by atoms with Gasteiger partial charge < -0.3 is 5.73 Å². The molecule has 1 aromatic rings. The van der Waals surface area contributed by atoms with Gasteiger partial charge in [-0.25, -0.2) is 4.39 Å². The molecule has 1 fully saturated rings. The van der Waals surface area contributed by atoms with E-state index in [9.17, 15) is 4.39 Å². The second kappa shape index (κ2) is 6.49. The molecule has 1 aliphatic rings. The minimum Gasteiger partial charge on any atom is -0.329 e. The number of hydrogen-bond donors (Lipinski definition) is 1. The van der Waals surface area contributed by atoms with Crippen molar-refractivity contribution in [2.75, 3.05) is 13.1 Å². The van der Waals surface area contributed by atoms with Crippen LogP contribution in [-0.2, 0) is 0 Å². The van der Waals surface area contributed by atoms with E-state index in [0.717, 1.165) is 17.7 Å². The number of halogens is 1. The Morgan fingerprint density at radius 2 is 2.05 bits per heavy atom. The lowest BCUT2D eigenvalue weighted by Gasteiger charge is -2.36. The molecule has 0 saturated heterocycles. The fourth-order valence-corrected chi connectivity index (χ4v) is 3.38. The Bertz CT molecular complexity index is 413. The molecule has 1 saturated carbocycles. The van der Waals surface area contributed by atoms with Gasteiger partial charge in [0.2, 0.25) is 0 Å². The molecule has 0 radical (unpaired) electrons. The predicted octanol–water partition coefficient (Wildman–Crippen LogP) is 3.40. The van der Waals surface area contributed by atoms with Crippen molar-refractivity contribution in [3.63, 3.8) is 0 Å². The van der Waals surface area contributed by atoms with Crippen LogP contribution in [-0.4, -0.2) is 24.0 Å². The number of nitrogens with two attached hydrogens (primary N) is 1. The molecule has 19 heavy (non-hydrogen) atoms. The third-order valence-electron chi connectivity index (χ3n) is 4.38. The molecule has 0 amide bonds. The smallest absolute Gasteiger partial charge is 0.123 e. The van der Waals surface area contributed by atoms with E-state index in [0.29, 0.717) is 12.6 Å². The molecule has 0 heterocycles. The Balaban J connectivity index is 2.28. The first kappa shape index (κ1) is 14.5. The Labute approximate surface area is 115 Å². The molecule has 0 spiro atoms. The van der Waals surface area contributed by atoms with Gasteiger partial charge in [-0.15, -0.1) is 0 Å². The molecule has 0 aliphatic heterocycles. The van der Waals surface area contributed by atoms with Gasteiger partial charge in [0, 0.05) is 18.6 Å². The van der Waals surface area contributed by atoms with Gasteiger partial charge in [-0.3, -0.25) is 4.90 Å². The average Bonchev–Trinajstić information content (AvgIpc) is 2.92. The second-order valence-corrected chi connectivity index (χ2v) is 5.52. The first-order valence-corrected chi connectivity index (χ1v) is 7.39. The minimum absolute atomic E-state index is 0.142. The lowest BCUT2D eigenvalue weighted by atomic mass is 9.98. The van der Waals surface area contributed by atoms with Gasteiger partial charge in [0.25, 0.3) is 0 Å². The van der Waals surface area contributed by atoms with Crippen LogP contribution in [0, 0.1) is 12.7 Å². The number of nitrogens with zero attached hydrogens (tertiary/aromatic N) is 1. The van der Waals surface area contributed by atoms with Crippen molar-refractivity contribution >= 4 is 0 Å². The average molecular weight is 264 g/mol. The molecule has 1 aromatic carbocycles. The maximum absolute atomic E-state index is 13.5. The zero-order valence-corrected chi connectivity index (χ0v) is 12.0. The van der Waals surface area contributed by atoms with Crippen LogP contribution in [0.25, 0.3) is 0 Å². The quantitative estimate of drug-likeness (QED) is 0.883. The van der Waals surface area contributed by atoms with Gasteiger partial charge in [-0.05, 0) is 49.6 Å². The molecule has 0 aromatic heterocycles. The Morgan fingerprint density at radius 3 is 2.63 bits per heavy atom. The molecule has 106 valence electrons. The van der Waals surface area contributed by atoms with Crippen LogP contribution >= 0.6 is 0 Å². The number of rotatable bonds is 5. The van der Waals surface area contributed by atoms with Crippen molar-refractivity contribution in [1.29, 1.82) is 0 Å². The van der Waals surface area contributed by atoms with E-state index in [1.165, 1.54) is 31.7 Å². The van der Waals surface area contributed by atoms with Gasteiger partial charge in [-0.2, -0.15) is 0 Å². The first-order valence-electron chi connectivity index (χ1n) is 7.39. The molecule has 2 nitrogen and oxygen atoms in total. The Kier molecular flexibility index (Phi) is 4.94. The first-order chi connectivity index (χ1) is 9.17. The lowest BCUT2D eigenvalue weighted by Crippen LogP contribution is -2.40. The summed E-state index contributed by atoms with van der Waals surface area (Å²) in [5, 5.41) is 0. The molecule has 0 bridgehead atoms. The highest BCUT2D eigenvalue weighted by atomic mass is 19.1. The minimum atomic E-state index is -0.165. The van der Waals surface area contributed by atoms with E-state index < -0.39 is 0 Å². The van der Waals surface area contributed by atoms with Crippen molar-refractivity contribution in [1.82, 2.24) is 4.90 Å². The highest BCUT2D eigenvalue weighted by Crippen LogP contribution is 2.31. The largest absolute Gasteiger partial charge is 0.329 e. The molecule has 2 N–H and O–H groups in total. The summed E-state index contributed by atoms with van der Waals surface area (Å²) >= 11 is 0. The zero-order chi connectivity index (χ0) is 13.8. The normalized spacial score (nSPS) is 18.2. The maximum Gasteiger partial charge on any atom is 0.123 e. The molecule has 2 rings (SSSR count). The topological polar surface area (TPSA) is 29.3 Å². The molecule has 3 heteroatoms. The van der Waals surface area contributed by atoms with Crippen LogP contribution < -0.4 is 5.73 Å². The second-order valence-electron chi connectivity index (χ2n) is 5.52. The molecule has 1 atom stereocenters. The maximum atomic E-state index is 13.5. The van der Waals surface area contributed by atoms with Gasteiger partial charge in [0.15, 0.2) is 0 Å². The molecular weight excluding hydrogens is 239 g/mol. The summed E-state index contributed by atoms with van der Waals surface area (Å²) in [6.45, 7) is 5.74. The van der Waals surface area contributed by atoms with E-state index in [1.807, 2.05) is 13.0 Å². The van der Waals surface area contributed by atoms with E-state index in [-0.39, 0.29) is 11.9 Å². The van der Waals surface area contributed by atoms with Crippen molar-refractivity contribution in [3.8, 4) is 0 Å². The van der Waals surface area contributed by atoms with E-state index in [2.05, 4.69) is 11.8 Å². The van der Waals surface area contributed by atoms with Crippen LogP contribution in [0.1, 0.15) is 49.8 Å². The van der Waals surface area contributed by atoms with Gasteiger partial charge in [0.1, 0.15) is 5.82 Å². The van der Waals surface area contributed by atoms with Crippen LogP contribution in [0.5, 0.6) is 0 Å². The highest BCUT2D eigenvalue weighted by Gasteiger charge is 2.28. The van der Waals surface area contributed by atoms with E-state index >= 15 is 0 Å². The third-order valence-corrected chi connectivity index (χ3v) is 4.38. The summed E-state index contributed by atoms with van der Waals surface area (Å²) < 4.78 is 13.5. The molecule has 1 aliphatic carbocycles. The molecule has 1 unspecified atom stereocenters. The summed E-state index contributed by atoms with van der Waals surface area (Å²) in [6.07, 6.45) is 5.11. The fourth-order valence-electron chi connectivity index (χ4n) is 3.38. The standard InChI is InChI=1S/C16H25FN2/c1-3-19(14-6-4-5-7-14)16(11-18)15-10-13(17)9-8-12(15)2/h8-10,14,16H,3-7,11,18H2,1-2H3. The number of hydrogen-bond acceptors (Lipinski definition) is 2. The van der Waals surface area contributed by atoms with Crippen LogP contribution in [0.3, 0.4) is 0 Å². The number of likely N-dealkylation sites (N-methyl/N-ethyl adjacent to an activating group) is 1. The van der Waals surface area contributed by atoms with Crippen molar-refractivity contribution in [2.45, 2.75) is 51.6 Å². The summed E-state index contributed by atoms with van der Waals surface area (Å²) in [5.74, 6) is -0.165. The predicted molar refractivity (Wildman–Crippen MR) is 77.6 cm³/mol. The van der Waals surface area contributed by atoms with Crippen molar-refractivity contribution < 1.29 is 4.39 Å². The van der Waals surface area contributed by atoms with Crippen molar-refractivity contribution in [2.24, 2.45) is 5.73 Å². The Hall–Kier alpha value is -0.930. The van der Waals surface area contributed by atoms with Crippen LogP contribution in [0.2, 0.25) is 0 Å². The van der Waals surface area contributed by atoms with Crippen LogP contribution in [0.15, 0.2) is 18.2 Å². The zero-order valence-electron chi connectivity index (χ0n) is 12.0. The van der Waals surface area contributed by atoms with Gasteiger partial charge in [-0.1, -0.05) is 25.8 Å². The lowest BCUT2D eigenvalue weighted by molar-refractivity contribution is 0.146. The summed E-state index contributed by atoms with van der Waals surface area (Å²) in [6, 6.07) is 5.79. The van der Waals surface area contributed by atoms with Gasteiger partial charge >= 0.3 is 0 Å².